The number of hydrazone groups is 1. The predicted octanol–water partition coefficient (Wildman–Crippen LogP) is 4.55. The molecule has 2 heterocycles. The summed E-state index contributed by atoms with van der Waals surface area (Å²) in [5.74, 6) is 3.24. The molecule has 4 atom stereocenters. The van der Waals surface area contributed by atoms with Crippen LogP contribution < -0.4 is 19.0 Å². The van der Waals surface area contributed by atoms with Crippen LogP contribution in [0.5, 0.6) is 17.2 Å². The monoisotopic (exact) mass is 667 g/mol. The third-order valence-electron chi connectivity index (χ3n) is 8.79. The number of aliphatic hydroxyl groups is 1. The number of rotatable bonds is 10. The zero-order chi connectivity index (χ0) is 29.4. The van der Waals surface area contributed by atoms with Gasteiger partial charge in [0.25, 0.3) is 10.0 Å². The lowest BCUT2D eigenvalue weighted by atomic mass is 9.59. The smallest absolute Gasteiger partial charge is 0.276 e. The predicted molar refractivity (Wildman–Crippen MR) is 165 cm³/mol. The molecule has 1 saturated carbocycles. The molecule has 3 aliphatic rings. The Morgan fingerprint density at radius 2 is 2.00 bits per heavy atom. The summed E-state index contributed by atoms with van der Waals surface area (Å²) < 4.78 is 44.3. The van der Waals surface area contributed by atoms with Gasteiger partial charge in [-0.15, -0.1) is 0 Å². The van der Waals surface area contributed by atoms with Crippen molar-refractivity contribution in [2.75, 3.05) is 39.4 Å². The molecule has 0 unspecified atom stereocenters. The number of nitrogens with zero attached hydrogens (tertiary/aromatic N) is 2. The second-order valence-electron chi connectivity index (χ2n) is 11.0. The maximum Gasteiger partial charge on any atom is 0.276 e. The second-order valence-corrected chi connectivity index (χ2v) is 14.5. The molecule has 12 heteroatoms. The molecule has 0 aromatic heterocycles. The normalized spacial score (nSPS) is 26.6. The molecule has 1 fully saturated rings. The molecule has 41 heavy (non-hydrogen) atoms. The van der Waals surface area contributed by atoms with Gasteiger partial charge in [-0.05, 0) is 95.6 Å². The van der Waals surface area contributed by atoms with Crippen molar-refractivity contribution < 1.29 is 27.7 Å². The molecular formula is C29H38BrN3O6S2. The Labute approximate surface area is 255 Å². The summed E-state index contributed by atoms with van der Waals surface area (Å²) in [5.41, 5.74) is 2.74. The summed E-state index contributed by atoms with van der Waals surface area (Å²) in [5, 5.41) is 15.0. The molecule has 1 aliphatic carbocycles. The van der Waals surface area contributed by atoms with Crippen molar-refractivity contribution in [3.63, 3.8) is 0 Å². The molecule has 0 saturated heterocycles. The summed E-state index contributed by atoms with van der Waals surface area (Å²) in [6.07, 6.45) is 4.74. The van der Waals surface area contributed by atoms with Crippen molar-refractivity contribution in [3.05, 3.63) is 45.9 Å². The minimum Gasteiger partial charge on any atom is -0.497 e. The van der Waals surface area contributed by atoms with Crippen LogP contribution in [0, 0.1) is 5.92 Å². The summed E-state index contributed by atoms with van der Waals surface area (Å²) >= 11 is 5.58. The lowest BCUT2D eigenvalue weighted by molar-refractivity contribution is 0.0419. The maximum absolute atomic E-state index is 13.0. The average Bonchev–Trinajstić information content (AvgIpc) is 3.24. The van der Waals surface area contributed by atoms with Crippen LogP contribution in [0.25, 0.3) is 0 Å². The van der Waals surface area contributed by atoms with Crippen LogP contribution in [0.4, 0.5) is 0 Å². The van der Waals surface area contributed by atoms with Gasteiger partial charge in [0.05, 0.1) is 25.7 Å². The molecule has 0 amide bonds. The van der Waals surface area contributed by atoms with E-state index in [0.29, 0.717) is 30.9 Å². The molecule has 224 valence electrons. The Balaban J connectivity index is 1.48. The molecule has 5 rings (SSSR count). The van der Waals surface area contributed by atoms with Gasteiger partial charge in [-0.1, -0.05) is 6.92 Å². The van der Waals surface area contributed by atoms with Crippen LogP contribution in [-0.4, -0.2) is 75.7 Å². The van der Waals surface area contributed by atoms with Gasteiger partial charge in [-0.3, -0.25) is 4.90 Å². The quantitative estimate of drug-likeness (QED) is 0.281. The largest absolute Gasteiger partial charge is 0.497 e. The number of hydrogen-bond acceptors (Lipinski definition) is 9. The molecule has 0 bridgehead atoms. The third kappa shape index (κ3) is 5.58. The van der Waals surface area contributed by atoms with Crippen LogP contribution >= 0.6 is 27.7 Å². The number of aliphatic hydroxyl groups excluding tert-OH is 1. The standard InChI is InChI=1S/C29H38BrN3O6S2/c1-18-12-20(31-32-41(35,36)23-8-6-22(37-2)7-9-23)14-25-29(18)15-21(17-34)33(10-5-11-40-4)16-19-13-24(38-3)27(30)28(39-25)26(19)29/h6-9,13,18,21,25,32,34H,5,10-12,14-17H2,1-4H3/b31-20+/t18-,21+,25-,29+/m1/s1. The zero-order valence-electron chi connectivity index (χ0n) is 23.9. The first kappa shape index (κ1) is 30.5. The minimum absolute atomic E-state index is 0.0272. The van der Waals surface area contributed by atoms with Crippen molar-refractivity contribution in [2.45, 2.75) is 61.6 Å². The molecule has 0 radical (unpaired) electrons. The van der Waals surface area contributed by atoms with E-state index in [-0.39, 0.29) is 35.0 Å². The van der Waals surface area contributed by atoms with Crippen molar-refractivity contribution in [1.82, 2.24) is 9.73 Å². The number of benzene rings is 2. The first-order valence-corrected chi connectivity index (χ1v) is 17.5. The van der Waals surface area contributed by atoms with Crippen LogP contribution in [-0.2, 0) is 22.0 Å². The second kappa shape index (κ2) is 12.3. The molecule has 9 nitrogen and oxygen atoms in total. The highest BCUT2D eigenvalue weighted by Gasteiger charge is 2.59. The van der Waals surface area contributed by atoms with E-state index in [1.54, 1.807) is 19.2 Å². The lowest BCUT2D eigenvalue weighted by Gasteiger charge is -2.45. The summed E-state index contributed by atoms with van der Waals surface area (Å²) in [6, 6.07) is 8.28. The van der Waals surface area contributed by atoms with Crippen LogP contribution in [0.1, 0.15) is 43.7 Å². The van der Waals surface area contributed by atoms with Crippen molar-refractivity contribution >= 4 is 43.4 Å². The van der Waals surface area contributed by atoms with Gasteiger partial charge in [0.15, 0.2) is 0 Å². The summed E-state index contributed by atoms with van der Waals surface area (Å²) in [6.45, 7) is 3.86. The Morgan fingerprint density at radius 1 is 1.24 bits per heavy atom. The number of sulfonamides is 1. The van der Waals surface area contributed by atoms with E-state index in [2.05, 4.69) is 50.0 Å². The number of nitrogens with one attached hydrogen (secondary N) is 1. The molecular weight excluding hydrogens is 630 g/mol. The number of ether oxygens (including phenoxy) is 3. The highest BCUT2D eigenvalue weighted by molar-refractivity contribution is 9.10. The van der Waals surface area contributed by atoms with E-state index >= 15 is 0 Å². The van der Waals surface area contributed by atoms with Crippen molar-refractivity contribution in [3.8, 4) is 17.2 Å². The fourth-order valence-electron chi connectivity index (χ4n) is 6.76. The number of hydrogen-bond donors (Lipinski definition) is 2. The Hall–Kier alpha value is -1.99. The van der Waals surface area contributed by atoms with Gasteiger partial charge in [-0.25, -0.2) is 4.83 Å². The van der Waals surface area contributed by atoms with Gasteiger partial charge in [0.2, 0.25) is 0 Å². The molecule has 2 aromatic rings. The zero-order valence-corrected chi connectivity index (χ0v) is 27.1. The van der Waals surface area contributed by atoms with Gasteiger partial charge >= 0.3 is 0 Å². The average molecular weight is 669 g/mol. The molecule has 2 aliphatic heterocycles. The number of methoxy groups -OCH3 is 2. The highest BCUT2D eigenvalue weighted by Crippen LogP contribution is 2.60. The van der Waals surface area contributed by atoms with Gasteiger partial charge in [-0.2, -0.15) is 25.3 Å². The third-order valence-corrected chi connectivity index (χ3v) is 11.5. The summed E-state index contributed by atoms with van der Waals surface area (Å²) in [4.78, 5) is 4.96. The molecule has 2 aromatic carbocycles. The SMILES string of the molecule is COc1ccc(S(=O)(=O)N/N=C2\C[C@@H](C)[C@]34C[C@@H](CO)N(CCCSC)Cc5cc(OC)c(Br)c(c53)O[C@@H]4C2)cc1. The Kier molecular flexibility index (Phi) is 9.15. The van der Waals surface area contributed by atoms with Crippen molar-refractivity contribution in [2.24, 2.45) is 11.0 Å². The van der Waals surface area contributed by atoms with Crippen LogP contribution in [0.15, 0.2) is 44.8 Å². The first-order chi connectivity index (χ1) is 19.7. The van der Waals surface area contributed by atoms with Crippen LogP contribution in [0.2, 0.25) is 0 Å². The van der Waals surface area contributed by atoms with Crippen LogP contribution in [0.3, 0.4) is 0 Å². The van der Waals surface area contributed by atoms with E-state index in [4.69, 9.17) is 14.2 Å². The fourth-order valence-corrected chi connectivity index (χ4v) is 8.60. The van der Waals surface area contributed by atoms with E-state index in [1.807, 2.05) is 11.8 Å². The van der Waals surface area contributed by atoms with Gasteiger partial charge in [0.1, 0.15) is 27.8 Å². The minimum atomic E-state index is -3.85. The van der Waals surface area contributed by atoms with Crippen molar-refractivity contribution in [1.29, 1.82) is 0 Å². The van der Waals surface area contributed by atoms with Gasteiger partial charge in [0, 0.05) is 35.7 Å². The topological polar surface area (TPSA) is 110 Å². The Morgan fingerprint density at radius 3 is 2.66 bits per heavy atom. The number of halogens is 1. The summed E-state index contributed by atoms with van der Waals surface area (Å²) in [7, 11) is -0.657. The fraction of sp³-hybridized carbons (Fsp3) is 0.552. The highest BCUT2D eigenvalue weighted by atomic mass is 79.9. The lowest BCUT2D eigenvalue weighted by Crippen LogP contribution is -2.53. The van der Waals surface area contributed by atoms with E-state index < -0.39 is 10.0 Å². The maximum atomic E-state index is 13.0. The van der Waals surface area contributed by atoms with E-state index in [0.717, 1.165) is 46.6 Å². The molecule has 1 spiro atoms. The van der Waals surface area contributed by atoms with E-state index in [1.165, 1.54) is 24.8 Å². The van der Waals surface area contributed by atoms with E-state index in [9.17, 15) is 13.5 Å². The first-order valence-electron chi connectivity index (χ1n) is 13.8. The van der Waals surface area contributed by atoms with Gasteiger partial charge < -0.3 is 19.3 Å². The number of thioether (sulfide) groups is 1. The Bertz CT molecular complexity index is 1400. The molecule has 2 N–H and O–H groups in total.